The van der Waals surface area contributed by atoms with Crippen LogP contribution in [0.3, 0.4) is 0 Å². The lowest BCUT2D eigenvalue weighted by molar-refractivity contribution is 0.324. The SMILES string of the molecule is COc1cc(-c2cnc3c(N)cc(N)nc3n2)cc(OC)c1OC.Cl. The predicted molar refractivity (Wildman–Crippen MR) is 98.5 cm³/mol. The van der Waals surface area contributed by atoms with Gasteiger partial charge in [0, 0.05) is 11.6 Å². The smallest absolute Gasteiger partial charge is 0.203 e. The zero-order valence-electron chi connectivity index (χ0n) is 13.9. The number of ether oxygens (including phenoxy) is 3. The number of benzene rings is 1. The lowest BCUT2D eigenvalue weighted by Crippen LogP contribution is -2.00. The average Bonchev–Trinajstić information content (AvgIpc) is 2.59. The van der Waals surface area contributed by atoms with E-state index >= 15 is 0 Å². The molecule has 0 radical (unpaired) electrons. The summed E-state index contributed by atoms with van der Waals surface area (Å²) < 4.78 is 16.0. The molecule has 0 aliphatic carbocycles. The first-order valence-corrected chi connectivity index (χ1v) is 7.06. The molecule has 1 aromatic carbocycles. The molecule has 3 rings (SSSR count). The van der Waals surface area contributed by atoms with Gasteiger partial charge in [-0.15, -0.1) is 12.4 Å². The van der Waals surface area contributed by atoms with Gasteiger partial charge in [-0.05, 0) is 12.1 Å². The minimum absolute atomic E-state index is 0. The summed E-state index contributed by atoms with van der Waals surface area (Å²) in [6, 6.07) is 5.12. The summed E-state index contributed by atoms with van der Waals surface area (Å²) in [7, 11) is 4.65. The molecule has 3 aromatic rings. The second-order valence-corrected chi connectivity index (χ2v) is 4.98. The number of rotatable bonds is 4. The zero-order valence-corrected chi connectivity index (χ0v) is 14.8. The molecular weight excluding hydrogens is 346 g/mol. The van der Waals surface area contributed by atoms with Gasteiger partial charge < -0.3 is 25.7 Å². The Kier molecular flexibility index (Phi) is 5.33. The van der Waals surface area contributed by atoms with Crippen molar-refractivity contribution in [1.29, 1.82) is 0 Å². The summed E-state index contributed by atoms with van der Waals surface area (Å²) in [4.78, 5) is 13.0. The second-order valence-electron chi connectivity index (χ2n) is 4.98. The maximum Gasteiger partial charge on any atom is 0.203 e. The van der Waals surface area contributed by atoms with Crippen LogP contribution in [-0.2, 0) is 0 Å². The van der Waals surface area contributed by atoms with Gasteiger partial charge in [-0.1, -0.05) is 0 Å². The van der Waals surface area contributed by atoms with Crippen molar-refractivity contribution in [3.05, 3.63) is 24.4 Å². The van der Waals surface area contributed by atoms with E-state index in [1.165, 1.54) is 0 Å². The Hall–Kier alpha value is -3.00. The van der Waals surface area contributed by atoms with Crippen LogP contribution in [0.5, 0.6) is 17.2 Å². The minimum atomic E-state index is 0. The first-order chi connectivity index (χ1) is 11.6. The van der Waals surface area contributed by atoms with E-state index in [4.69, 9.17) is 25.7 Å². The van der Waals surface area contributed by atoms with E-state index in [1.54, 1.807) is 45.7 Å². The van der Waals surface area contributed by atoms with Gasteiger partial charge in [0.05, 0.1) is 38.9 Å². The molecule has 0 saturated heterocycles. The van der Waals surface area contributed by atoms with E-state index in [0.717, 1.165) is 5.56 Å². The fourth-order valence-corrected chi connectivity index (χ4v) is 2.41. The summed E-state index contributed by atoms with van der Waals surface area (Å²) in [6.07, 6.45) is 1.61. The third kappa shape index (κ3) is 3.29. The average molecular weight is 364 g/mol. The Morgan fingerprint density at radius 1 is 0.880 bits per heavy atom. The first kappa shape index (κ1) is 18.3. The third-order valence-electron chi connectivity index (χ3n) is 3.53. The number of aromatic nitrogens is 3. The molecule has 0 fully saturated rings. The monoisotopic (exact) mass is 363 g/mol. The van der Waals surface area contributed by atoms with E-state index in [2.05, 4.69) is 15.0 Å². The number of anilines is 2. The van der Waals surface area contributed by atoms with E-state index in [-0.39, 0.29) is 18.2 Å². The molecule has 25 heavy (non-hydrogen) atoms. The quantitative estimate of drug-likeness (QED) is 0.724. The summed E-state index contributed by atoms with van der Waals surface area (Å²) in [6.45, 7) is 0. The zero-order chi connectivity index (χ0) is 17.3. The summed E-state index contributed by atoms with van der Waals surface area (Å²) in [5.74, 6) is 1.84. The van der Waals surface area contributed by atoms with E-state index < -0.39 is 0 Å². The molecule has 0 atom stereocenters. The maximum atomic E-state index is 5.90. The first-order valence-electron chi connectivity index (χ1n) is 7.06. The third-order valence-corrected chi connectivity index (χ3v) is 3.53. The Labute approximate surface area is 150 Å². The Balaban J connectivity index is 0.00000225. The highest BCUT2D eigenvalue weighted by atomic mass is 35.5. The highest BCUT2D eigenvalue weighted by Gasteiger charge is 2.16. The van der Waals surface area contributed by atoms with Crippen molar-refractivity contribution in [3.8, 4) is 28.5 Å². The molecule has 0 aliphatic rings. The number of pyridine rings is 1. The van der Waals surface area contributed by atoms with Crippen LogP contribution >= 0.6 is 12.4 Å². The van der Waals surface area contributed by atoms with Crippen LogP contribution in [0.4, 0.5) is 11.5 Å². The predicted octanol–water partition coefficient (Wildman–Crippen LogP) is 2.30. The Morgan fingerprint density at radius 3 is 2.08 bits per heavy atom. The number of fused-ring (bicyclic) bond motifs is 1. The normalized spacial score (nSPS) is 10.2. The Bertz CT molecular complexity index is 895. The largest absolute Gasteiger partial charge is 0.493 e. The molecule has 0 bridgehead atoms. The molecule has 0 spiro atoms. The van der Waals surface area contributed by atoms with Gasteiger partial charge in [-0.3, -0.25) is 0 Å². The molecule has 132 valence electrons. The lowest BCUT2D eigenvalue weighted by atomic mass is 10.1. The molecule has 0 amide bonds. The molecule has 0 saturated carbocycles. The van der Waals surface area contributed by atoms with Gasteiger partial charge >= 0.3 is 0 Å². The van der Waals surface area contributed by atoms with E-state index in [1.807, 2.05) is 0 Å². The number of nitrogen functional groups attached to an aromatic ring is 2. The molecule has 0 aliphatic heterocycles. The number of methoxy groups -OCH3 is 3. The molecule has 0 unspecified atom stereocenters. The van der Waals surface area contributed by atoms with Gasteiger partial charge in [-0.25, -0.2) is 15.0 Å². The second kappa shape index (κ2) is 7.27. The van der Waals surface area contributed by atoms with Crippen molar-refractivity contribution in [3.63, 3.8) is 0 Å². The van der Waals surface area contributed by atoms with Crippen LogP contribution in [0.15, 0.2) is 24.4 Å². The van der Waals surface area contributed by atoms with Crippen LogP contribution in [0.2, 0.25) is 0 Å². The Morgan fingerprint density at radius 2 is 1.52 bits per heavy atom. The van der Waals surface area contributed by atoms with Gasteiger partial charge in [0.15, 0.2) is 17.1 Å². The molecule has 9 heteroatoms. The molecule has 8 nitrogen and oxygen atoms in total. The van der Waals surface area contributed by atoms with Crippen molar-refractivity contribution < 1.29 is 14.2 Å². The van der Waals surface area contributed by atoms with Crippen molar-refractivity contribution >= 4 is 35.1 Å². The minimum Gasteiger partial charge on any atom is -0.493 e. The fraction of sp³-hybridized carbons (Fsp3) is 0.188. The van der Waals surface area contributed by atoms with Gasteiger partial charge in [-0.2, -0.15) is 0 Å². The summed E-state index contributed by atoms with van der Waals surface area (Å²) in [5, 5.41) is 0. The van der Waals surface area contributed by atoms with Crippen LogP contribution in [0.25, 0.3) is 22.4 Å². The molecule has 2 aromatic heterocycles. The number of hydrogen-bond acceptors (Lipinski definition) is 8. The number of halogens is 1. The van der Waals surface area contributed by atoms with Gasteiger partial charge in [0.1, 0.15) is 11.3 Å². The highest BCUT2D eigenvalue weighted by Crippen LogP contribution is 2.40. The fourth-order valence-electron chi connectivity index (χ4n) is 2.41. The van der Waals surface area contributed by atoms with Crippen LogP contribution in [-0.4, -0.2) is 36.3 Å². The summed E-state index contributed by atoms with van der Waals surface area (Å²) in [5.41, 5.74) is 14.2. The molecule has 2 heterocycles. The van der Waals surface area contributed by atoms with Crippen LogP contribution in [0, 0.1) is 0 Å². The molecular formula is C16H18ClN5O3. The van der Waals surface area contributed by atoms with Gasteiger partial charge in [0.25, 0.3) is 0 Å². The van der Waals surface area contributed by atoms with Crippen molar-refractivity contribution in [2.75, 3.05) is 32.8 Å². The van der Waals surface area contributed by atoms with Crippen molar-refractivity contribution in [2.24, 2.45) is 0 Å². The van der Waals surface area contributed by atoms with Crippen LogP contribution in [0.1, 0.15) is 0 Å². The highest BCUT2D eigenvalue weighted by molar-refractivity contribution is 5.86. The number of nitrogens with two attached hydrogens (primary N) is 2. The van der Waals surface area contributed by atoms with Crippen molar-refractivity contribution in [2.45, 2.75) is 0 Å². The van der Waals surface area contributed by atoms with E-state index in [9.17, 15) is 0 Å². The van der Waals surface area contributed by atoms with Crippen molar-refractivity contribution in [1.82, 2.24) is 15.0 Å². The topological polar surface area (TPSA) is 118 Å². The standard InChI is InChI=1S/C16H17N5O3.ClH/c1-22-11-4-8(5-12(23-2)15(11)24-3)10-7-19-14-9(17)6-13(18)21-16(14)20-10;/h4-7H,1-3H3,(H4,17,18,20,21);1H. The number of hydrogen-bond donors (Lipinski definition) is 2. The van der Waals surface area contributed by atoms with Gasteiger partial charge in [0.2, 0.25) is 5.75 Å². The lowest BCUT2D eigenvalue weighted by Gasteiger charge is -2.14. The van der Waals surface area contributed by atoms with Crippen LogP contribution < -0.4 is 25.7 Å². The van der Waals surface area contributed by atoms with E-state index in [0.29, 0.717) is 39.8 Å². The summed E-state index contributed by atoms with van der Waals surface area (Å²) >= 11 is 0. The maximum absolute atomic E-state index is 5.90. The molecule has 4 N–H and O–H groups in total. The number of nitrogens with zero attached hydrogens (tertiary/aromatic N) is 3.